The SMILES string of the molecule is O=C(OCCOc1cccc(Br)c1)c1cccc(S(=O)(=O)N2CCCCCC2)c1. The third kappa shape index (κ3) is 6.04. The molecule has 0 atom stereocenters. The minimum atomic E-state index is -3.61. The van der Waals surface area contributed by atoms with E-state index >= 15 is 0 Å². The lowest BCUT2D eigenvalue weighted by Gasteiger charge is -2.20. The van der Waals surface area contributed by atoms with E-state index in [1.165, 1.54) is 16.4 Å². The van der Waals surface area contributed by atoms with Crippen molar-refractivity contribution in [2.45, 2.75) is 30.6 Å². The van der Waals surface area contributed by atoms with Gasteiger partial charge in [-0.2, -0.15) is 4.31 Å². The maximum Gasteiger partial charge on any atom is 0.338 e. The lowest BCUT2D eigenvalue weighted by molar-refractivity contribution is 0.0450. The van der Waals surface area contributed by atoms with Crippen LogP contribution in [0.15, 0.2) is 57.9 Å². The number of carbonyl (C=O) groups is 1. The van der Waals surface area contributed by atoms with Crippen LogP contribution in [0.5, 0.6) is 5.75 Å². The van der Waals surface area contributed by atoms with Crippen molar-refractivity contribution in [3.63, 3.8) is 0 Å². The molecule has 2 aromatic rings. The maximum atomic E-state index is 12.9. The highest BCUT2D eigenvalue weighted by atomic mass is 79.9. The Bertz CT molecular complexity index is 940. The molecule has 1 aliphatic heterocycles. The zero-order chi connectivity index (χ0) is 20.7. The smallest absolute Gasteiger partial charge is 0.338 e. The lowest BCUT2D eigenvalue weighted by atomic mass is 10.2. The van der Waals surface area contributed by atoms with Gasteiger partial charge in [0.2, 0.25) is 10.0 Å². The summed E-state index contributed by atoms with van der Waals surface area (Å²) >= 11 is 3.36. The Morgan fingerprint density at radius 2 is 1.69 bits per heavy atom. The molecule has 0 spiro atoms. The fourth-order valence-corrected chi connectivity index (χ4v) is 5.09. The molecule has 6 nitrogen and oxygen atoms in total. The maximum absolute atomic E-state index is 12.9. The summed E-state index contributed by atoms with van der Waals surface area (Å²) in [6.45, 7) is 1.30. The van der Waals surface area contributed by atoms with Gasteiger partial charge in [0.1, 0.15) is 19.0 Å². The van der Waals surface area contributed by atoms with Crippen LogP contribution in [-0.2, 0) is 14.8 Å². The number of carbonyl (C=O) groups excluding carboxylic acids is 1. The summed E-state index contributed by atoms with van der Waals surface area (Å²) in [5.74, 6) is 0.0942. The highest BCUT2D eigenvalue weighted by Gasteiger charge is 2.26. The van der Waals surface area contributed by atoms with Crippen LogP contribution in [-0.4, -0.2) is 45.0 Å². The minimum absolute atomic E-state index is 0.0639. The van der Waals surface area contributed by atoms with Crippen LogP contribution in [0.1, 0.15) is 36.0 Å². The van der Waals surface area contributed by atoms with Crippen LogP contribution in [0, 0.1) is 0 Å². The molecule has 29 heavy (non-hydrogen) atoms. The third-order valence-corrected chi connectivity index (χ3v) is 7.04. The molecule has 1 saturated heterocycles. The standard InChI is InChI=1S/C21H24BrNO5S/c22-18-8-6-9-19(16-18)27-13-14-28-21(24)17-7-5-10-20(15-17)29(25,26)23-11-3-1-2-4-12-23/h5-10,15-16H,1-4,11-14H2. The second kappa shape index (κ2) is 10.2. The highest BCUT2D eigenvalue weighted by Crippen LogP contribution is 2.21. The second-order valence-corrected chi connectivity index (χ2v) is 9.64. The molecule has 8 heteroatoms. The molecular formula is C21H24BrNO5S. The van der Waals surface area contributed by atoms with E-state index in [9.17, 15) is 13.2 Å². The molecule has 0 bridgehead atoms. The number of nitrogens with zero attached hydrogens (tertiary/aromatic N) is 1. The van der Waals surface area contributed by atoms with Gasteiger partial charge < -0.3 is 9.47 Å². The van der Waals surface area contributed by atoms with Crippen molar-refractivity contribution < 1.29 is 22.7 Å². The molecule has 0 aliphatic carbocycles. The van der Waals surface area contributed by atoms with E-state index in [4.69, 9.17) is 9.47 Å². The highest BCUT2D eigenvalue weighted by molar-refractivity contribution is 9.10. The van der Waals surface area contributed by atoms with E-state index in [0.29, 0.717) is 18.8 Å². The molecule has 0 unspecified atom stereocenters. The van der Waals surface area contributed by atoms with E-state index in [1.54, 1.807) is 12.1 Å². The molecule has 3 rings (SSSR count). The molecule has 0 amide bonds. The van der Waals surface area contributed by atoms with Gasteiger partial charge in [-0.3, -0.25) is 0 Å². The summed E-state index contributed by atoms with van der Waals surface area (Å²) in [4.78, 5) is 12.5. The first-order valence-electron chi connectivity index (χ1n) is 9.62. The first-order chi connectivity index (χ1) is 14.0. The van der Waals surface area contributed by atoms with Crippen LogP contribution >= 0.6 is 15.9 Å². The van der Waals surface area contributed by atoms with Gasteiger partial charge >= 0.3 is 5.97 Å². The average Bonchev–Trinajstić information content (AvgIpc) is 3.01. The quantitative estimate of drug-likeness (QED) is 0.436. The number of hydrogen-bond donors (Lipinski definition) is 0. The van der Waals surface area contributed by atoms with E-state index < -0.39 is 16.0 Å². The summed E-state index contributed by atoms with van der Waals surface area (Å²) in [5, 5.41) is 0. The van der Waals surface area contributed by atoms with Crippen molar-refractivity contribution in [1.82, 2.24) is 4.31 Å². The van der Waals surface area contributed by atoms with Crippen LogP contribution in [0.25, 0.3) is 0 Å². The van der Waals surface area contributed by atoms with E-state index in [1.807, 2.05) is 24.3 Å². The molecule has 0 N–H and O–H groups in total. The number of hydrogen-bond acceptors (Lipinski definition) is 5. The predicted octanol–water partition coefficient (Wildman–Crippen LogP) is 4.25. The van der Waals surface area contributed by atoms with E-state index in [0.717, 1.165) is 30.2 Å². The van der Waals surface area contributed by atoms with Gasteiger partial charge in [-0.1, -0.05) is 40.9 Å². The van der Waals surface area contributed by atoms with Gasteiger partial charge in [-0.15, -0.1) is 0 Å². The second-order valence-electron chi connectivity index (χ2n) is 6.79. The average molecular weight is 482 g/mol. The zero-order valence-electron chi connectivity index (χ0n) is 16.1. The van der Waals surface area contributed by atoms with Crippen molar-refractivity contribution in [3.8, 4) is 5.75 Å². The van der Waals surface area contributed by atoms with Crippen molar-refractivity contribution >= 4 is 31.9 Å². The fraction of sp³-hybridized carbons (Fsp3) is 0.381. The fourth-order valence-electron chi connectivity index (χ4n) is 3.15. The Morgan fingerprint density at radius 3 is 2.41 bits per heavy atom. The third-order valence-electron chi connectivity index (χ3n) is 4.65. The Labute approximate surface area is 180 Å². The van der Waals surface area contributed by atoms with Crippen molar-refractivity contribution in [2.24, 2.45) is 0 Å². The van der Waals surface area contributed by atoms with Gasteiger partial charge in [0.05, 0.1) is 10.5 Å². The van der Waals surface area contributed by atoms with Crippen LogP contribution in [0.4, 0.5) is 0 Å². The van der Waals surface area contributed by atoms with Crippen molar-refractivity contribution in [2.75, 3.05) is 26.3 Å². The molecule has 0 saturated carbocycles. The summed E-state index contributed by atoms with van der Waals surface area (Å²) < 4.78 is 39.0. The summed E-state index contributed by atoms with van der Waals surface area (Å²) in [7, 11) is -3.61. The topological polar surface area (TPSA) is 72.9 Å². The molecule has 0 aromatic heterocycles. The summed E-state index contributed by atoms with van der Waals surface area (Å²) in [6.07, 6.45) is 3.80. The van der Waals surface area contributed by atoms with E-state index in [-0.39, 0.29) is 23.7 Å². The van der Waals surface area contributed by atoms with Crippen molar-refractivity contribution in [3.05, 3.63) is 58.6 Å². The largest absolute Gasteiger partial charge is 0.490 e. The molecule has 1 aliphatic rings. The molecule has 2 aromatic carbocycles. The number of benzene rings is 2. The van der Waals surface area contributed by atoms with Crippen molar-refractivity contribution in [1.29, 1.82) is 0 Å². The lowest BCUT2D eigenvalue weighted by Crippen LogP contribution is -2.32. The molecule has 1 fully saturated rings. The van der Waals surface area contributed by atoms with Gasteiger partial charge in [0, 0.05) is 17.6 Å². The first kappa shape index (κ1) is 21.8. The molecule has 0 radical (unpaired) electrons. The van der Waals surface area contributed by atoms with Crippen LogP contribution in [0.3, 0.4) is 0 Å². The molecule has 156 valence electrons. The van der Waals surface area contributed by atoms with Gasteiger partial charge in [-0.05, 0) is 49.2 Å². The Hall–Kier alpha value is -1.90. The normalized spacial score (nSPS) is 15.5. The number of halogens is 1. The van der Waals surface area contributed by atoms with E-state index in [2.05, 4.69) is 15.9 Å². The first-order valence-corrected chi connectivity index (χ1v) is 11.9. The zero-order valence-corrected chi connectivity index (χ0v) is 18.5. The minimum Gasteiger partial charge on any atom is -0.490 e. The summed E-state index contributed by atoms with van der Waals surface area (Å²) in [6, 6.07) is 13.4. The van der Waals surface area contributed by atoms with Crippen LogP contribution in [0.2, 0.25) is 0 Å². The summed E-state index contributed by atoms with van der Waals surface area (Å²) in [5.41, 5.74) is 0.211. The molecule has 1 heterocycles. The Kier molecular flexibility index (Phi) is 7.69. The molecular weight excluding hydrogens is 458 g/mol. The number of sulfonamides is 1. The van der Waals surface area contributed by atoms with Gasteiger partial charge in [0.25, 0.3) is 0 Å². The Balaban J connectivity index is 1.58. The Morgan fingerprint density at radius 1 is 0.966 bits per heavy atom. The van der Waals surface area contributed by atoms with Gasteiger partial charge in [0.15, 0.2) is 0 Å². The number of rotatable bonds is 7. The monoisotopic (exact) mass is 481 g/mol. The number of ether oxygens (including phenoxy) is 2. The number of esters is 1. The van der Waals surface area contributed by atoms with Crippen LogP contribution < -0.4 is 4.74 Å². The van der Waals surface area contributed by atoms with Gasteiger partial charge in [-0.25, -0.2) is 13.2 Å². The predicted molar refractivity (Wildman–Crippen MR) is 114 cm³/mol.